The van der Waals surface area contributed by atoms with Gasteiger partial charge in [0.2, 0.25) is 0 Å². The first-order chi connectivity index (χ1) is 7.70. The molecule has 0 saturated heterocycles. The molecular formula is C10H18F3NO3. The predicted molar refractivity (Wildman–Crippen MR) is 55.2 cm³/mol. The molecule has 0 rings (SSSR count). The van der Waals surface area contributed by atoms with Crippen LogP contribution < -0.4 is 5.73 Å². The first kappa shape index (κ1) is 16.2. The van der Waals surface area contributed by atoms with Crippen LogP contribution in [0.1, 0.15) is 20.8 Å². The summed E-state index contributed by atoms with van der Waals surface area (Å²) in [7, 11) is 0. The minimum Gasteiger partial charge on any atom is -0.463 e. The largest absolute Gasteiger partial charge is 0.463 e. The maximum atomic E-state index is 12.4. The topological polar surface area (TPSA) is 61.5 Å². The van der Waals surface area contributed by atoms with Crippen LogP contribution in [0, 0.1) is 5.92 Å². The molecule has 0 spiro atoms. The average Bonchev–Trinajstić information content (AvgIpc) is 2.20. The number of rotatable bonds is 6. The second kappa shape index (κ2) is 6.80. The maximum absolute atomic E-state index is 12.4. The minimum atomic E-state index is -4.70. The molecule has 2 N–H and O–H groups in total. The maximum Gasteiger partial charge on any atom is 0.406 e. The predicted octanol–water partition coefficient (Wildman–Crippen LogP) is 1.48. The molecule has 0 aliphatic carbocycles. The number of alkyl halides is 3. The van der Waals surface area contributed by atoms with Gasteiger partial charge >= 0.3 is 12.1 Å². The van der Waals surface area contributed by atoms with Crippen molar-refractivity contribution in [1.29, 1.82) is 0 Å². The van der Waals surface area contributed by atoms with Gasteiger partial charge in [-0.2, -0.15) is 13.2 Å². The number of ether oxygens (including phenoxy) is 2. The summed E-state index contributed by atoms with van der Waals surface area (Å²) in [6, 6.07) is -2.37. The van der Waals surface area contributed by atoms with Crippen molar-refractivity contribution >= 4 is 5.97 Å². The Balaban J connectivity index is 4.56. The molecule has 2 atom stereocenters. The van der Waals surface area contributed by atoms with Gasteiger partial charge < -0.3 is 15.2 Å². The summed E-state index contributed by atoms with van der Waals surface area (Å²) in [6.45, 7) is 5.00. The first-order valence-corrected chi connectivity index (χ1v) is 5.30. The molecule has 0 heterocycles. The molecule has 0 aliphatic rings. The Morgan fingerprint density at radius 1 is 1.35 bits per heavy atom. The Morgan fingerprint density at radius 3 is 2.24 bits per heavy atom. The Labute approximate surface area is 98.2 Å². The summed E-state index contributed by atoms with van der Waals surface area (Å²) in [5.74, 6) is -1.05. The molecular weight excluding hydrogens is 239 g/mol. The van der Waals surface area contributed by atoms with E-state index in [4.69, 9.17) is 15.2 Å². The minimum absolute atomic E-state index is 0.0309. The summed E-state index contributed by atoms with van der Waals surface area (Å²) in [4.78, 5) is 11.4. The fraction of sp³-hybridized carbons (Fsp3) is 0.900. The zero-order chi connectivity index (χ0) is 13.6. The van der Waals surface area contributed by atoms with Crippen LogP contribution >= 0.6 is 0 Å². The van der Waals surface area contributed by atoms with Gasteiger partial charge in [-0.05, 0) is 12.8 Å². The standard InChI is InChI=1S/C10H18F3NO3/c1-4-16-7(8(14)10(11,12)13)9(15)17-5-6(2)3/h6-8H,4-5,14H2,1-3H3/t7-,8-/m1/s1. The van der Waals surface area contributed by atoms with Crippen LogP contribution in [0.15, 0.2) is 0 Å². The van der Waals surface area contributed by atoms with Crippen LogP contribution in [0.2, 0.25) is 0 Å². The van der Waals surface area contributed by atoms with Gasteiger partial charge in [0.25, 0.3) is 0 Å². The highest BCUT2D eigenvalue weighted by Crippen LogP contribution is 2.23. The van der Waals surface area contributed by atoms with Gasteiger partial charge in [0.05, 0.1) is 6.61 Å². The van der Waals surface area contributed by atoms with Gasteiger partial charge in [0.15, 0.2) is 6.10 Å². The van der Waals surface area contributed by atoms with Crippen LogP contribution in [0.5, 0.6) is 0 Å². The van der Waals surface area contributed by atoms with E-state index in [1.54, 1.807) is 13.8 Å². The van der Waals surface area contributed by atoms with E-state index in [2.05, 4.69) is 0 Å². The van der Waals surface area contributed by atoms with Gasteiger partial charge in [0.1, 0.15) is 6.04 Å². The molecule has 17 heavy (non-hydrogen) atoms. The zero-order valence-electron chi connectivity index (χ0n) is 10.1. The highest BCUT2D eigenvalue weighted by molar-refractivity contribution is 5.75. The van der Waals surface area contributed by atoms with Crippen molar-refractivity contribution in [2.75, 3.05) is 13.2 Å². The number of hydrogen-bond acceptors (Lipinski definition) is 4. The molecule has 0 unspecified atom stereocenters. The second-order valence-corrected chi connectivity index (χ2v) is 3.97. The summed E-state index contributed by atoms with van der Waals surface area (Å²) in [5, 5.41) is 0. The third-order valence-corrected chi connectivity index (χ3v) is 1.84. The number of esters is 1. The summed E-state index contributed by atoms with van der Waals surface area (Å²) in [5.41, 5.74) is 4.94. The SMILES string of the molecule is CCO[C@@H](C(=O)OCC(C)C)[C@@H](N)C(F)(F)F. The molecule has 0 fully saturated rings. The van der Waals surface area contributed by atoms with Crippen LogP contribution in [-0.4, -0.2) is 37.5 Å². The Kier molecular flexibility index (Phi) is 6.48. The summed E-state index contributed by atoms with van der Waals surface area (Å²) in [6.07, 6.45) is -6.50. The van der Waals surface area contributed by atoms with Crippen molar-refractivity contribution in [2.45, 2.75) is 39.1 Å². The first-order valence-electron chi connectivity index (χ1n) is 5.30. The fourth-order valence-corrected chi connectivity index (χ4v) is 1.00. The Morgan fingerprint density at radius 2 is 1.88 bits per heavy atom. The van der Waals surface area contributed by atoms with E-state index < -0.39 is 24.3 Å². The molecule has 0 aromatic carbocycles. The van der Waals surface area contributed by atoms with Gasteiger partial charge in [-0.25, -0.2) is 4.79 Å². The lowest BCUT2D eigenvalue weighted by Crippen LogP contribution is -2.52. The third kappa shape index (κ3) is 5.88. The van der Waals surface area contributed by atoms with Gasteiger partial charge in [0, 0.05) is 6.61 Å². The van der Waals surface area contributed by atoms with E-state index in [0.717, 1.165) is 0 Å². The van der Waals surface area contributed by atoms with Crippen LogP contribution in [0.25, 0.3) is 0 Å². The quantitative estimate of drug-likeness (QED) is 0.732. The molecule has 7 heteroatoms. The molecule has 102 valence electrons. The van der Waals surface area contributed by atoms with E-state index in [-0.39, 0.29) is 19.1 Å². The molecule has 0 amide bonds. The Bertz CT molecular complexity index is 243. The van der Waals surface area contributed by atoms with E-state index in [9.17, 15) is 18.0 Å². The van der Waals surface area contributed by atoms with Crippen molar-refractivity contribution in [2.24, 2.45) is 11.7 Å². The van der Waals surface area contributed by atoms with Crippen molar-refractivity contribution < 1.29 is 27.4 Å². The van der Waals surface area contributed by atoms with E-state index in [1.807, 2.05) is 0 Å². The number of carbonyl (C=O) groups excluding carboxylic acids is 1. The second-order valence-electron chi connectivity index (χ2n) is 3.97. The monoisotopic (exact) mass is 257 g/mol. The highest BCUT2D eigenvalue weighted by Gasteiger charge is 2.46. The van der Waals surface area contributed by atoms with E-state index in [1.165, 1.54) is 6.92 Å². The lowest BCUT2D eigenvalue weighted by molar-refractivity contribution is -0.192. The molecule has 0 aromatic rings. The molecule has 0 bridgehead atoms. The van der Waals surface area contributed by atoms with Gasteiger partial charge in [-0.1, -0.05) is 13.8 Å². The molecule has 0 aromatic heterocycles. The van der Waals surface area contributed by atoms with Gasteiger partial charge in [-0.3, -0.25) is 0 Å². The van der Waals surface area contributed by atoms with Crippen molar-refractivity contribution in [3.05, 3.63) is 0 Å². The van der Waals surface area contributed by atoms with E-state index >= 15 is 0 Å². The normalized spacial score (nSPS) is 15.8. The van der Waals surface area contributed by atoms with Crippen molar-refractivity contribution in [3.63, 3.8) is 0 Å². The molecule has 0 radical (unpaired) electrons. The smallest absolute Gasteiger partial charge is 0.406 e. The number of hydrogen-bond donors (Lipinski definition) is 1. The lowest BCUT2D eigenvalue weighted by Gasteiger charge is -2.24. The van der Waals surface area contributed by atoms with Gasteiger partial charge in [-0.15, -0.1) is 0 Å². The Hall–Kier alpha value is -0.820. The molecule has 0 aliphatic heterocycles. The molecule has 4 nitrogen and oxygen atoms in total. The van der Waals surface area contributed by atoms with Crippen LogP contribution in [0.4, 0.5) is 13.2 Å². The van der Waals surface area contributed by atoms with Crippen molar-refractivity contribution in [1.82, 2.24) is 0 Å². The fourth-order valence-electron chi connectivity index (χ4n) is 1.00. The average molecular weight is 257 g/mol. The summed E-state index contributed by atoms with van der Waals surface area (Å²) < 4.78 is 46.5. The third-order valence-electron chi connectivity index (χ3n) is 1.84. The highest BCUT2D eigenvalue weighted by atomic mass is 19.4. The van der Waals surface area contributed by atoms with E-state index in [0.29, 0.717) is 0 Å². The molecule has 0 saturated carbocycles. The number of carbonyl (C=O) groups is 1. The van der Waals surface area contributed by atoms with Crippen LogP contribution in [-0.2, 0) is 14.3 Å². The van der Waals surface area contributed by atoms with Crippen LogP contribution in [0.3, 0.4) is 0 Å². The van der Waals surface area contributed by atoms with Crippen molar-refractivity contribution in [3.8, 4) is 0 Å². The lowest BCUT2D eigenvalue weighted by atomic mass is 10.1. The zero-order valence-corrected chi connectivity index (χ0v) is 10.1. The number of halogens is 3. The number of nitrogens with two attached hydrogens (primary N) is 1. The summed E-state index contributed by atoms with van der Waals surface area (Å²) >= 11 is 0.